The van der Waals surface area contributed by atoms with E-state index in [1.165, 1.54) is 12.8 Å². The van der Waals surface area contributed by atoms with Crippen molar-refractivity contribution in [3.63, 3.8) is 0 Å². The van der Waals surface area contributed by atoms with Crippen molar-refractivity contribution >= 4 is 5.91 Å². The minimum atomic E-state index is 0.0732. The van der Waals surface area contributed by atoms with Gasteiger partial charge >= 0.3 is 0 Å². The Balaban J connectivity index is 1.86. The third-order valence-corrected chi connectivity index (χ3v) is 3.98. The third kappa shape index (κ3) is 2.51. The highest BCUT2D eigenvalue weighted by molar-refractivity contribution is 5.79. The maximum Gasteiger partial charge on any atom is 0.223 e. The Morgan fingerprint density at radius 3 is 2.53 bits per heavy atom. The normalized spacial score (nSPS) is 34.3. The van der Waals surface area contributed by atoms with Gasteiger partial charge < -0.3 is 11.1 Å². The highest BCUT2D eigenvalue weighted by Crippen LogP contribution is 2.31. The first-order valence-corrected chi connectivity index (χ1v) is 6.17. The quantitative estimate of drug-likeness (QED) is 0.726. The largest absolute Gasteiger partial charge is 0.351 e. The summed E-state index contributed by atoms with van der Waals surface area (Å²) in [7, 11) is 0. The molecule has 0 aromatic carbocycles. The van der Waals surface area contributed by atoms with Gasteiger partial charge in [-0.05, 0) is 39.0 Å². The molecule has 86 valence electrons. The number of nitrogens with two attached hydrogens (primary N) is 1. The molecule has 1 amide bonds. The second-order valence-corrected chi connectivity index (χ2v) is 5.53. The van der Waals surface area contributed by atoms with E-state index >= 15 is 0 Å². The molecular formula is C12H22N2O. The summed E-state index contributed by atoms with van der Waals surface area (Å²) >= 11 is 0. The SMILES string of the molecule is CC1(NC(=O)C2CCC(N)C2)CCCC1. The Kier molecular flexibility index (Phi) is 3.01. The lowest BCUT2D eigenvalue weighted by atomic mass is 9.98. The van der Waals surface area contributed by atoms with Crippen molar-refractivity contribution < 1.29 is 4.79 Å². The molecule has 0 aromatic heterocycles. The molecule has 3 nitrogen and oxygen atoms in total. The average Bonchev–Trinajstić information content (AvgIpc) is 2.75. The van der Waals surface area contributed by atoms with Crippen molar-refractivity contribution in [3.05, 3.63) is 0 Å². The molecule has 3 heteroatoms. The van der Waals surface area contributed by atoms with Crippen LogP contribution in [0, 0.1) is 5.92 Å². The predicted molar refractivity (Wildman–Crippen MR) is 60.3 cm³/mol. The van der Waals surface area contributed by atoms with E-state index in [4.69, 9.17) is 5.73 Å². The van der Waals surface area contributed by atoms with Crippen molar-refractivity contribution in [1.29, 1.82) is 0 Å². The van der Waals surface area contributed by atoms with Gasteiger partial charge in [0.25, 0.3) is 0 Å². The Labute approximate surface area is 91.8 Å². The lowest BCUT2D eigenvalue weighted by molar-refractivity contribution is -0.126. The number of nitrogens with one attached hydrogen (secondary N) is 1. The minimum absolute atomic E-state index is 0.0732. The summed E-state index contributed by atoms with van der Waals surface area (Å²) in [4.78, 5) is 12.0. The monoisotopic (exact) mass is 210 g/mol. The lowest BCUT2D eigenvalue weighted by Crippen LogP contribution is -2.46. The van der Waals surface area contributed by atoms with Gasteiger partial charge in [0.2, 0.25) is 5.91 Å². The van der Waals surface area contributed by atoms with Gasteiger partial charge in [-0.2, -0.15) is 0 Å². The van der Waals surface area contributed by atoms with Crippen LogP contribution in [0.3, 0.4) is 0 Å². The highest BCUT2D eigenvalue weighted by Gasteiger charge is 2.34. The molecule has 2 rings (SSSR count). The zero-order valence-corrected chi connectivity index (χ0v) is 9.59. The van der Waals surface area contributed by atoms with E-state index in [0.717, 1.165) is 32.1 Å². The topological polar surface area (TPSA) is 55.1 Å². The minimum Gasteiger partial charge on any atom is -0.351 e. The van der Waals surface area contributed by atoms with E-state index < -0.39 is 0 Å². The summed E-state index contributed by atoms with van der Waals surface area (Å²) in [6, 6.07) is 0.247. The first-order valence-electron chi connectivity index (χ1n) is 6.17. The van der Waals surface area contributed by atoms with Crippen LogP contribution in [0.15, 0.2) is 0 Å². The van der Waals surface area contributed by atoms with Gasteiger partial charge in [0.1, 0.15) is 0 Å². The highest BCUT2D eigenvalue weighted by atomic mass is 16.2. The van der Waals surface area contributed by atoms with E-state index in [0.29, 0.717) is 0 Å². The molecule has 2 atom stereocenters. The smallest absolute Gasteiger partial charge is 0.223 e. The van der Waals surface area contributed by atoms with E-state index in [1.54, 1.807) is 0 Å². The fourth-order valence-electron chi connectivity index (χ4n) is 2.93. The molecule has 15 heavy (non-hydrogen) atoms. The van der Waals surface area contributed by atoms with Crippen LogP contribution < -0.4 is 11.1 Å². The number of hydrogen-bond donors (Lipinski definition) is 2. The van der Waals surface area contributed by atoms with Crippen molar-refractivity contribution in [2.75, 3.05) is 0 Å². The molecule has 0 bridgehead atoms. The predicted octanol–water partition coefficient (Wildman–Crippen LogP) is 1.56. The molecule has 0 radical (unpaired) electrons. The Bertz CT molecular complexity index is 246. The fraction of sp³-hybridized carbons (Fsp3) is 0.917. The zero-order valence-electron chi connectivity index (χ0n) is 9.59. The van der Waals surface area contributed by atoms with E-state index in [9.17, 15) is 4.79 Å². The lowest BCUT2D eigenvalue weighted by Gasteiger charge is -2.27. The maximum atomic E-state index is 12.0. The second-order valence-electron chi connectivity index (χ2n) is 5.53. The van der Waals surface area contributed by atoms with Crippen molar-refractivity contribution in [3.8, 4) is 0 Å². The Morgan fingerprint density at radius 2 is 2.00 bits per heavy atom. The summed E-state index contributed by atoms with van der Waals surface area (Å²) in [5.74, 6) is 0.421. The van der Waals surface area contributed by atoms with Crippen LogP contribution in [-0.4, -0.2) is 17.5 Å². The van der Waals surface area contributed by atoms with Gasteiger partial charge in [-0.1, -0.05) is 12.8 Å². The molecule has 0 aromatic rings. The van der Waals surface area contributed by atoms with Gasteiger partial charge in [-0.3, -0.25) is 4.79 Å². The van der Waals surface area contributed by atoms with Crippen LogP contribution in [0.5, 0.6) is 0 Å². The number of rotatable bonds is 2. The molecule has 2 aliphatic carbocycles. The summed E-state index contributed by atoms with van der Waals surface area (Å²) in [6.07, 6.45) is 7.64. The molecule has 0 aliphatic heterocycles. The molecule has 0 heterocycles. The molecule has 2 fully saturated rings. The van der Waals surface area contributed by atoms with Crippen molar-refractivity contribution in [2.45, 2.75) is 63.5 Å². The molecule has 3 N–H and O–H groups in total. The Hall–Kier alpha value is -0.570. The van der Waals surface area contributed by atoms with Gasteiger partial charge in [-0.15, -0.1) is 0 Å². The third-order valence-electron chi connectivity index (χ3n) is 3.98. The van der Waals surface area contributed by atoms with Crippen LogP contribution in [0.25, 0.3) is 0 Å². The standard InChI is InChI=1S/C12H22N2O/c1-12(6-2-3-7-12)14-11(15)9-4-5-10(13)8-9/h9-10H,2-8,13H2,1H3,(H,14,15). The summed E-state index contributed by atoms with van der Waals surface area (Å²) in [5, 5.41) is 3.22. The van der Waals surface area contributed by atoms with Crippen LogP contribution in [0.4, 0.5) is 0 Å². The van der Waals surface area contributed by atoms with Gasteiger partial charge in [-0.25, -0.2) is 0 Å². The molecule has 2 aliphatic rings. The molecule has 0 saturated heterocycles. The van der Waals surface area contributed by atoms with Crippen LogP contribution >= 0.6 is 0 Å². The van der Waals surface area contributed by atoms with Gasteiger partial charge in [0, 0.05) is 17.5 Å². The first-order chi connectivity index (χ1) is 7.09. The van der Waals surface area contributed by atoms with Crippen LogP contribution in [-0.2, 0) is 4.79 Å². The molecule has 0 spiro atoms. The summed E-state index contributed by atoms with van der Waals surface area (Å²) in [5.41, 5.74) is 5.90. The van der Waals surface area contributed by atoms with Gasteiger partial charge in [0.05, 0.1) is 0 Å². The molecule has 2 unspecified atom stereocenters. The van der Waals surface area contributed by atoms with Crippen LogP contribution in [0.2, 0.25) is 0 Å². The van der Waals surface area contributed by atoms with E-state index in [2.05, 4.69) is 12.2 Å². The van der Waals surface area contributed by atoms with E-state index in [-0.39, 0.29) is 23.4 Å². The van der Waals surface area contributed by atoms with Crippen molar-refractivity contribution in [1.82, 2.24) is 5.32 Å². The summed E-state index contributed by atoms with van der Waals surface area (Å²) in [6.45, 7) is 2.17. The first kappa shape index (κ1) is 10.9. The number of carbonyl (C=O) groups excluding carboxylic acids is 1. The van der Waals surface area contributed by atoms with Crippen molar-refractivity contribution in [2.24, 2.45) is 11.7 Å². The number of carbonyl (C=O) groups is 1. The molecular weight excluding hydrogens is 188 g/mol. The Morgan fingerprint density at radius 1 is 1.33 bits per heavy atom. The second kappa shape index (κ2) is 4.12. The number of amides is 1. The fourth-order valence-corrected chi connectivity index (χ4v) is 2.93. The number of hydrogen-bond acceptors (Lipinski definition) is 2. The van der Waals surface area contributed by atoms with E-state index in [1.807, 2.05) is 0 Å². The zero-order chi connectivity index (χ0) is 10.9. The average molecular weight is 210 g/mol. The maximum absolute atomic E-state index is 12.0. The molecule has 2 saturated carbocycles. The summed E-state index contributed by atoms with van der Waals surface area (Å²) < 4.78 is 0. The van der Waals surface area contributed by atoms with Gasteiger partial charge in [0.15, 0.2) is 0 Å². The van der Waals surface area contributed by atoms with Crippen LogP contribution in [0.1, 0.15) is 51.9 Å².